The number of phosphoric acid groups is 3. The first-order valence-corrected chi connectivity index (χ1v) is 12.8. The lowest BCUT2D eigenvalue weighted by atomic mass is 10.1. The normalized spacial score (nSPS) is 36.4. The molecule has 1 saturated carbocycles. The molecule has 0 amide bonds. The number of nitrogen functional groups attached to an aromatic ring is 1. The minimum Gasteiger partial charge on any atom is -0.385 e. The first-order chi connectivity index (χ1) is 14.0. The summed E-state index contributed by atoms with van der Waals surface area (Å²) in [4.78, 5) is 51.3. The van der Waals surface area contributed by atoms with Crippen LogP contribution in [0.4, 0.5) is 5.82 Å². The summed E-state index contributed by atoms with van der Waals surface area (Å²) >= 11 is 5.76. The van der Waals surface area contributed by atoms with Gasteiger partial charge in [0.1, 0.15) is 23.6 Å². The SMILES string of the molecule is Nc1ccn([C@@H]2O[C@]3(CCl)C(OP(=O)(O)OP(=O)(O)OP(=O)(O)O)[C@]3(O)[C@H]2O)c(=O)n1. The number of alkyl halides is 1. The van der Waals surface area contributed by atoms with Crippen LogP contribution in [0, 0.1) is 0 Å². The number of aliphatic hydroxyl groups excluding tert-OH is 1. The molecule has 31 heavy (non-hydrogen) atoms. The fraction of sp³-hybridized carbons (Fsp3) is 0.600. The van der Waals surface area contributed by atoms with E-state index in [4.69, 9.17) is 31.9 Å². The number of phosphoric ester groups is 1. The minimum atomic E-state index is -5.82. The number of aromatic nitrogens is 2. The Morgan fingerprint density at radius 3 is 2.32 bits per heavy atom. The topological polar surface area (TPSA) is 270 Å². The maximum absolute atomic E-state index is 12.0. The smallest absolute Gasteiger partial charge is 0.385 e. The predicted molar refractivity (Wildman–Crippen MR) is 96.2 cm³/mol. The maximum Gasteiger partial charge on any atom is 0.490 e. The highest BCUT2D eigenvalue weighted by Gasteiger charge is 2.89. The molecule has 8 N–H and O–H groups in total. The van der Waals surface area contributed by atoms with Gasteiger partial charge in [0.15, 0.2) is 11.8 Å². The zero-order valence-corrected chi connectivity index (χ0v) is 18.2. The molecule has 1 saturated heterocycles. The fourth-order valence-corrected chi connectivity index (χ4v) is 6.85. The number of aliphatic hydroxyl groups is 2. The summed E-state index contributed by atoms with van der Waals surface area (Å²) < 4.78 is 52.0. The van der Waals surface area contributed by atoms with Crippen molar-refractivity contribution in [3.63, 3.8) is 0 Å². The van der Waals surface area contributed by atoms with Crippen LogP contribution in [0.25, 0.3) is 0 Å². The highest BCUT2D eigenvalue weighted by atomic mass is 35.5. The molecular weight excluding hydrogens is 514 g/mol. The second kappa shape index (κ2) is 7.65. The van der Waals surface area contributed by atoms with Gasteiger partial charge in [0.2, 0.25) is 0 Å². The van der Waals surface area contributed by atoms with Crippen molar-refractivity contribution in [2.45, 2.75) is 29.6 Å². The van der Waals surface area contributed by atoms with Crippen LogP contribution in [0.15, 0.2) is 17.1 Å². The van der Waals surface area contributed by atoms with Gasteiger partial charge in [-0.1, -0.05) is 0 Å². The van der Waals surface area contributed by atoms with Crippen molar-refractivity contribution < 1.29 is 61.4 Å². The molecule has 0 aromatic carbocycles. The van der Waals surface area contributed by atoms with Crippen molar-refractivity contribution in [1.82, 2.24) is 9.55 Å². The van der Waals surface area contributed by atoms with Crippen molar-refractivity contribution in [2.24, 2.45) is 0 Å². The van der Waals surface area contributed by atoms with Crippen molar-refractivity contribution in [1.29, 1.82) is 0 Å². The van der Waals surface area contributed by atoms with Gasteiger partial charge in [0.05, 0.1) is 5.88 Å². The van der Waals surface area contributed by atoms with E-state index in [1.807, 2.05) is 0 Å². The highest BCUT2D eigenvalue weighted by molar-refractivity contribution is 7.66. The van der Waals surface area contributed by atoms with Crippen LogP contribution in [-0.2, 0) is 31.6 Å². The quantitative estimate of drug-likeness (QED) is 0.144. The van der Waals surface area contributed by atoms with E-state index in [9.17, 15) is 38.5 Å². The van der Waals surface area contributed by atoms with Gasteiger partial charge in [0, 0.05) is 6.20 Å². The molecule has 7 atom stereocenters. The minimum absolute atomic E-state index is 0.143. The van der Waals surface area contributed by atoms with E-state index in [0.29, 0.717) is 0 Å². The summed E-state index contributed by atoms with van der Waals surface area (Å²) in [5, 5.41) is 21.2. The molecule has 1 aromatic heterocycles. The second-order valence-corrected chi connectivity index (χ2v) is 11.1. The van der Waals surface area contributed by atoms with Crippen LogP contribution in [0.2, 0.25) is 0 Å². The van der Waals surface area contributed by atoms with E-state index in [1.165, 1.54) is 6.07 Å². The first-order valence-electron chi connectivity index (χ1n) is 7.79. The maximum atomic E-state index is 12.0. The number of ether oxygens (including phenoxy) is 1. The molecule has 17 nitrogen and oxygen atoms in total. The van der Waals surface area contributed by atoms with Gasteiger partial charge in [0.25, 0.3) is 0 Å². The number of hydrogen-bond donors (Lipinski definition) is 7. The average molecular weight is 530 g/mol. The lowest BCUT2D eigenvalue weighted by Gasteiger charge is -2.25. The summed E-state index contributed by atoms with van der Waals surface area (Å²) in [7, 11) is -17.1. The van der Waals surface area contributed by atoms with Crippen molar-refractivity contribution in [2.75, 3.05) is 11.6 Å². The summed E-state index contributed by atoms with van der Waals surface area (Å²) in [5.41, 5.74) is -0.208. The summed E-state index contributed by atoms with van der Waals surface area (Å²) in [6, 6.07) is 1.18. The molecule has 0 radical (unpaired) electrons. The van der Waals surface area contributed by atoms with Gasteiger partial charge in [-0.15, -0.1) is 11.6 Å². The molecule has 1 aliphatic carbocycles. The first kappa shape index (κ1) is 24.9. The molecule has 2 fully saturated rings. The summed E-state index contributed by atoms with van der Waals surface area (Å²) in [5.74, 6) is -0.815. The Bertz CT molecular complexity index is 1090. The third kappa shape index (κ3) is 4.40. The van der Waals surface area contributed by atoms with Crippen LogP contribution in [0.5, 0.6) is 0 Å². The summed E-state index contributed by atoms with van der Waals surface area (Å²) in [6.07, 6.45) is -4.42. The predicted octanol–water partition coefficient (Wildman–Crippen LogP) is -1.85. The molecule has 21 heteroatoms. The van der Waals surface area contributed by atoms with E-state index in [-0.39, 0.29) is 5.82 Å². The van der Waals surface area contributed by atoms with Gasteiger partial charge < -0.3 is 40.3 Å². The standard InChI is InChI=1S/C10H15ClN3O14P3/c11-3-9-7(26-30(21,22)28-31(23,24)27-29(18,19)20)10(9,17)5(15)6(25-9)14-2-1-4(12)13-8(14)16/h1-2,5-7,15,17H,3H2,(H,21,22)(H,23,24)(H2,12,13,16)(H2,18,19,20)/t5-,6+,7?,9+,10+/m0/s1. The fourth-order valence-electron chi connectivity index (χ4n) is 3.17. The molecule has 0 bridgehead atoms. The lowest BCUT2D eigenvalue weighted by molar-refractivity contribution is -0.109. The molecule has 1 aliphatic heterocycles. The van der Waals surface area contributed by atoms with Crippen LogP contribution in [0.1, 0.15) is 6.23 Å². The zero-order chi connectivity index (χ0) is 23.6. The third-order valence-electron chi connectivity index (χ3n) is 4.45. The summed E-state index contributed by atoms with van der Waals surface area (Å²) in [6.45, 7) is 0. The van der Waals surface area contributed by atoms with Crippen LogP contribution in [-0.4, -0.2) is 68.6 Å². The van der Waals surface area contributed by atoms with Crippen molar-refractivity contribution in [3.05, 3.63) is 22.7 Å². The molecular formula is C10H15ClN3O14P3. The Morgan fingerprint density at radius 1 is 1.23 bits per heavy atom. The van der Waals surface area contributed by atoms with Crippen molar-refractivity contribution in [3.8, 4) is 0 Å². The Balaban J connectivity index is 1.82. The molecule has 2 heterocycles. The number of nitrogens with zero attached hydrogens (tertiary/aromatic N) is 2. The zero-order valence-electron chi connectivity index (χ0n) is 14.7. The van der Waals surface area contributed by atoms with Crippen LogP contribution >= 0.6 is 35.1 Å². The molecule has 176 valence electrons. The number of hydrogen-bond acceptors (Lipinski definition) is 12. The largest absolute Gasteiger partial charge is 0.490 e. The van der Waals surface area contributed by atoms with E-state index in [1.54, 1.807) is 0 Å². The number of rotatable bonds is 8. The van der Waals surface area contributed by atoms with Gasteiger partial charge in [-0.3, -0.25) is 9.09 Å². The van der Waals surface area contributed by atoms with E-state index < -0.39 is 64.7 Å². The Labute approximate surface area is 176 Å². The Kier molecular flexibility index (Phi) is 6.15. The number of halogens is 1. The van der Waals surface area contributed by atoms with Gasteiger partial charge in [-0.25, -0.2) is 18.5 Å². The molecule has 3 rings (SSSR count). The number of anilines is 1. The van der Waals surface area contributed by atoms with Gasteiger partial charge in [-0.05, 0) is 6.07 Å². The van der Waals surface area contributed by atoms with Gasteiger partial charge in [-0.2, -0.15) is 13.6 Å². The molecule has 0 spiro atoms. The van der Waals surface area contributed by atoms with E-state index in [0.717, 1.165) is 10.8 Å². The molecule has 2 aliphatic rings. The Hall–Kier alpha value is -0.740. The average Bonchev–Trinajstić information content (AvgIpc) is 2.95. The van der Waals surface area contributed by atoms with E-state index in [2.05, 4.69) is 18.1 Å². The van der Waals surface area contributed by atoms with E-state index >= 15 is 0 Å². The number of nitrogens with two attached hydrogens (primary N) is 1. The van der Waals surface area contributed by atoms with Crippen molar-refractivity contribution >= 4 is 40.9 Å². The second-order valence-electron chi connectivity index (χ2n) is 6.42. The molecule has 1 aromatic rings. The Morgan fingerprint density at radius 2 is 1.84 bits per heavy atom. The monoisotopic (exact) mass is 529 g/mol. The number of fused-ring (bicyclic) bond motifs is 1. The molecule has 3 unspecified atom stereocenters. The lowest BCUT2D eigenvalue weighted by Crippen LogP contribution is -2.41. The van der Waals surface area contributed by atoms with Crippen LogP contribution in [0.3, 0.4) is 0 Å². The highest BCUT2D eigenvalue weighted by Crippen LogP contribution is 2.72. The third-order valence-corrected chi connectivity index (χ3v) is 8.65. The van der Waals surface area contributed by atoms with Gasteiger partial charge >= 0.3 is 29.2 Å². The van der Waals surface area contributed by atoms with Crippen LogP contribution < -0.4 is 11.4 Å².